The van der Waals surface area contributed by atoms with Crippen molar-refractivity contribution in [2.75, 3.05) is 7.11 Å². The molecule has 1 atom stereocenters. The predicted molar refractivity (Wildman–Crippen MR) is 139 cm³/mol. The Morgan fingerprint density at radius 1 is 1.19 bits per heavy atom. The highest BCUT2D eigenvalue weighted by Crippen LogP contribution is 2.35. The smallest absolute Gasteiger partial charge is 0.336 e. The number of pyridine rings is 1. The van der Waals surface area contributed by atoms with Gasteiger partial charge in [0.1, 0.15) is 5.75 Å². The number of H-pyrrole nitrogens is 1. The number of aromatic amines is 1. The zero-order valence-electron chi connectivity index (χ0n) is 19.8. The lowest BCUT2D eigenvalue weighted by atomic mass is 9.89. The predicted octanol–water partition coefficient (Wildman–Crippen LogP) is 6.68. The molecule has 2 aromatic carbocycles. The lowest BCUT2D eigenvalue weighted by Crippen LogP contribution is -2.04. The molecule has 2 N–H and O–H groups in total. The van der Waals surface area contributed by atoms with Gasteiger partial charge in [-0.2, -0.15) is 4.98 Å². The van der Waals surface area contributed by atoms with Gasteiger partial charge >= 0.3 is 12.0 Å². The molecular weight excluding hydrogens is 478 g/mol. The van der Waals surface area contributed by atoms with Gasteiger partial charge in [-0.15, -0.1) is 0 Å². The molecule has 0 radical (unpaired) electrons. The van der Waals surface area contributed by atoms with Gasteiger partial charge in [-0.05, 0) is 53.8 Å². The van der Waals surface area contributed by atoms with E-state index in [1.54, 1.807) is 32.2 Å². The number of aromatic carboxylic acids is 1. The van der Waals surface area contributed by atoms with E-state index in [9.17, 15) is 9.90 Å². The molecule has 2 aromatic heterocycles. The molecular formula is C28H24ClN3O4. The van der Waals surface area contributed by atoms with Gasteiger partial charge < -0.3 is 19.6 Å². The van der Waals surface area contributed by atoms with Crippen molar-refractivity contribution in [3.63, 3.8) is 0 Å². The van der Waals surface area contributed by atoms with Gasteiger partial charge in [0.05, 0.1) is 28.4 Å². The molecule has 8 heteroatoms. The largest absolute Gasteiger partial charge is 0.478 e. The van der Waals surface area contributed by atoms with Gasteiger partial charge in [-0.25, -0.2) is 9.78 Å². The lowest BCUT2D eigenvalue weighted by molar-refractivity contribution is 0.0695. The number of carboxylic acids is 1. The number of hydrogen-bond donors (Lipinski definition) is 2. The van der Waals surface area contributed by atoms with Crippen molar-refractivity contribution in [2.24, 2.45) is 0 Å². The van der Waals surface area contributed by atoms with Crippen LogP contribution in [0.25, 0.3) is 16.7 Å². The molecule has 1 unspecified atom stereocenters. The summed E-state index contributed by atoms with van der Waals surface area (Å²) in [5.41, 5.74) is 6.11. The van der Waals surface area contributed by atoms with E-state index in [4.69, 9.17) is 26.1 Å². The summed E-state index contributed by atoms with van der Waals surface area (Å²) in [6.45, 7) is 2.29. The Bertz CT molecular complexity index is 1520. The Morgan fingerprint density at radius 3 is 2.78 bits per heavy atom. The van der Waals surface area contributed by atoms with E-state index in [1.807, 2.05) is 12.1 Å². The van der Waals surface area contributed by atoms with Gasteiger partial charge in [-0.3, -0.25) is 0 Å². The number of fused-ring (bicyclic) bond motifs is 1. The molecule has 0 bridgehead atoms. The summed E-state index contributed by atoms with van der Waals surface area (Å²) >= 11 is 6.61. The third-order valence-electron chi connectivity index (χ3n) is 6.17. The quantitative estimate of drug-likeness (QED) is 0.293. The molecule has 7 nitrogen and oxygen atoms in total. The van der Waals surface area contributed by atoms with E-state index in [2.05, 4.69) is 40.3 Å². The van der Waals surface area contributed by atoms with Crippen LogP contribution < -0.4 is 4.74 Å². The van der Waals surface area contributed by atoms with E-state index in [0.29, 0.717) is 34.1 Å². The number of carboxylic acid groups (broad SMARTS) is 1. The first-order chi connectivity index (χ1) is 17.4. The van der Waals surface area contributed by atoms with Crippen molar-refractivity contribution < 1.29 is 19.4 Å². The van der Waals surface area contributed by atoms with Gasteiger partial charge in [0.2, 0.25) is 0 Å². The average Bonchev–Trinajstić information content (AvgIpc) is 3.26. The Kier molecular flexibility index (Phi) is 6.59. The van der Waals surface area contributed by atoms with Crippen molar-refractivity contribution in [1.82, 2.24) is 15.0 Å². The first-order valence-corrected chi connectivity index (χ1v) is 11.8. The standard InChI is InChI=1S/C28H24ClN3O4/c1-16-7-12-20(13-22(16)27(33)34)36-28-30-24-14-23(29)25(31-26(24)32-28)18-10-8-17(9-11-18)21-6-4-3-5-19(21)15-35-2/h3-10,12-14,18H,11,15H2,1-2H3,(H,33,34)(H,30,31,32). The number of allylic oxidation sites excluding steroid dienone is 4. The average molecular weight is 502 g/mol. The van der Waals surface area contributed by atoms with Crippen LogP contribution in [-0.2, 0) is 11.3 Å². The minimum atomic E-state index is -1.01. The highest BCUT2D eigenvalue weighted by molar-refractivity contribution is 6.31. The Morgan fingerprint density at radius 2 is 2.03 bits per heavy atom. The third kappa shape index (κ3) is 4.76. The number of rotatable bonds is 7. The summed E-state index contributed by atoms with van der Waals surface area (Å²) in [4.78, 5) is 23.6. The maximum absolute atomic E-state index is 11.4. The van der Waals surface area contributed by atoms with Crippen LogP contribution in [0.2, 0.25) is 5.02 Å². The van der Waals surface area contributed by atoms with Crippen molar-refractivity contribution in [3.05, 3.63) is 99.7 Å². The minimum Gasteiger partial charge on any atom is -0.478 e. The Balaban J connectivity index is 1.38. The zero-order chi connectivity index (χ0) is 25.2. The summed E-state index contributed by atoms with van der Waals surface area (Å²) in [5, 5.41) is 9.89. The second kappa shape index (κ2) is 9.97. The first kappa shape index (κ1) is 23.8. The van der Waals surface area contributed by atoms with E-state index in [1.165, 1.54) is 6.07 Å². The number of benzene rings is 2. The molecule has 0 saturated carbocycles. The summed E-state index contributed by atoms with van der Waals surface area (Å²) in [5.74, 6) is -0.637. The number of aromatic nitrogens is 3. The van der Waals surface area contributed by atoms with Crippen LogP contribution in [0.3, 0.4) is 0 Å². The number of methoxy groups -OCH3 is 1. The topological polar surface area (TPSA) is 97.3 Å². The zero-order valence-corrected chi connectivity index (χ0v) is 20.5. The van der Waals surface area contributed by atoms with Crippen molar-refractivity contribution >= 4 is 34.3 Å². The number of halogens is 1. The van der Waals surface area contributed by atoms with E-state index >= 15 is 0 Å². The molecule has 1 aliphatic carbocycles. The monoisotopic (exact) mass is 501 g/mol. The summed E-state index contributed by atoms with van der Waals surface area (Å²) in [7, 11) is 1.70. The van der Waals surface area contributed by atoms with Gasteiger partial charge in [-0.1, -0.05) is 60.2 Å². The lowest BCUT2D eigenvalue weighted by Gasteiger charge is -2.18. The molecule has 0 spiro atoms. The summed E-state index contributed by atoms with van der Waals surface area (Å²) < 4.78 is 11.1. The summed E-state index contributed by atoms with van der Waals surface area (Å²) in [6.07, 6.45) is 7.16. The van der Waals surface area contributed by atoms with Crippen LogP contribution in [0, 0.1) is 6.92 Å². The number of aryl methyl sites for hydroxylation is 1. The van der Waals surface area contributed by atoms with Gasteiger partial charge in [0, 0.05) is 13.0 Å². The molecule has 4 aromatic rings. The normalized spacial score (nSPS) is 15.2. The van der Waals surface area contributed by atoms with Crippen molar-refractivity contribution in [3.8, 4) is 11.8 Å². The summed E-state index contributed by atoms with van der Waals surface area (Å²) in [6, 6.07) is 15.1. The number of nitrogens with zero attached hydrogens (tertiary/aromatic N) is 2. The van der Waals surface area contributed by atoms with Crippen molar-refractivity contribution in [1.29, 1.82) is 0 Å². The SMILES string of the molecule is COCc1ccccc1C1=CCC(c2nc3nc(Oc4ccc(C)c(C(=O)O)c4)[nH]c3cc2Cl)C=C1. The molecule has 2 heterocycles. The number of hydrogen-bond acceptors (Lipinski definition) is 5. The fraction of sp³-hybridized carbons (Fsp3) is 0.179. The van der Waals surface area contributed by atoms with Gasteiger partial charge in [0.25, 0.3) is 0 Å². The van der Waals surface area contributed by atoms with E-state index in [0.717, 1.165) is 28.8 Å². The fourth-order valence-electron chi connectivity index (χ4n) is 4.33. The van der Waals surface area contributed by atoms with E-state index in [-0.39, 0.29) is 17.5 Å². The molecule has 0 aliphatic heterocycles. The second-order valence-corrected chi connectivity index (χ2v) is 9.01. The first-order valence-electron chi connectivity index (χ1n) is 11.5. The number of ether oxygens (including phenoxy) is 2. The third-order valence-corrected chi connectivity index (χ3v) is 6.47. The highest BCUT2D eigenvalue weighted by atomic mass is 35.5. The van der Waals surface area contributed by atoms with Gasteiger partial charge in [0.15, 0.2) is 5.65 Å². The van der Waals surface area contributed by atoms with Crippen LogP contribution in [0.4, 0.5) is 0 Å². The minimum absolute atomic E-state index is 0.0107. The fourth-order valence-corrected chi connectivity index (χ4v) is 4.62. The van der Waals surface area contributed by atoms with Crippen LogP contribution in [-0.4, -0.2) is 33.1 Å². The molecule has 1 aliphatic rings. The number of carbonyl (C=O) groups is 1. The van der Waals surface area contributed by atoms with Crippen LogP contribution >= 0.6 is 11.6 Å². The Labute approximate surface area is 213 Å². The second-order valence-electron chi connectivity index (χ2n) is 8.60. The highest BCUT2D eigenvalue weighted by Gasteiger charge is 2.20. The number of imidazole rings is 1. The van der Waals surface area contributed by atoms with Crippen LogP contribution in [0.15, 0.2) is 66.8 Å². The van der Waals surface area contributed by atoms with Crippen molar-refractivity contribution in [2.45, 2.75) is 25.9 Å². The molecule has 182 valence electrons. The molecule has 0 saturated heterocycles. The van der Waals surface area contributed by atoms with Crippen LogP contribution in [0.5, 0.6) is 11.8 Å². The van der Waals surface area contributed by atoms with Crippen LogP contribution in [0.1, 0.15) is 45.1 Å². The molecule has 5 rings (SSSR count). The molecule has 0 amide bonds. The Hall–Kier alpha value is -3.94. The number of nitrogens with one attached hydrogen (secondary N) is 1. The van der Waals surface area contributed by atoms with E-state index < -0.39 is 5.97 Å². The maximum atomic E-state index is 11.4. The maximum Gasteiger partial charge on any atom is 0.336 e. The molecule has 0 fully saturated rings. The molecule has 36 heavy (non-hydrogen) atoms.